The van der Waals surface area contributed by atoms with Crippen molar-refractivity contribution in [2.75, 3.05) is 18.0 Å². The van der Waals surface area contributed by atoms with Crippen LogP contribution in [0, 0.1) is 5.41 Å². The maximum Gasteiger partial charge on any atom is 0.281 e. The zero-order valence-corrected chi connectivity index (χ0v) is 17.1. The molecule has 11 heteroatoms. The van der Waals surface area contributed by atoms with Crippen LogP contribution in [-0.2, 0) is 0 Å². The molecule has 2 unspecified atom stereocenters. The minimum absolute atomic E-state index is 0.111. The van der Waals surface area contributed by atoms with Crippen LogP contribution >= 0.6 is 0 Å². The molecule has 0 amide bonds. The number of fused-ring (bicyclic) bond motifs is 1. The van der Waals surface area contributed by atoms with E-state index in [2.05, 4.69) is 37.1 Å². The molecule has 1 aliphatic heterocycles. The Balaban J connectivity index is 1.69. The number of hydrogen-bond donors (Lipinski definition) is 3. The number of nitrogens with two attached hydrogens (primary N) is 1. The lowest BCUT2D eigenvalue weighted by Gasteiger charge is -2.39. The zero-order chi connectivity index (χ0) is 22.1. The van der Waals surface area contributed by atoms with Gasteiger partial charge in [-0.05, 0) is 19.9 Å². The summed E-state index contributed by atoms with van der Waals surface area (Å²) >= 11 is 0. The molecule has 0 bridgehead atoms. The smallest absolute Gasteiger partial charge is 0.281 e. The van der Waals surface area contributed by atoms with E-state index < -0.39 is 6.43 Å². The van der Waals surface area contributed by atoms with Crippen molar-refractivity contribution >= 4 is 17.7 Å². The third-order valence-electron chi connectivity index (χ3n) is 5.20. The van der Waals surface area contributed by atoms with Crippen molar-refractivity contribution < 1.29 is 8.78 Å². The van der Waals surface area contributed by atoms with E-state index in [0.29, 0.717) is 41.8 Å². The molecule has 3 aromatic heterocycles. The molecule has 2 atom stereocenters. The third-order valence-corrected chi connectivity index (χ3v) is 5.20. The van der Waals surface area contributed by atoms with Crippen LogP contribution in [0.2, 0.25) is 0 Å². The highest BCUT2D eigenvalue weighted by atomic mass is 19.3. The average molecular weight is 427 g/mol. The molecule has 4 N–H and O–H groups in total. The SMILES string of the molecule is C/C(N)=C(/C=N)C1CN(c2ccnc(-c3cnc4cnc(C(F)F)cn34)n2)CC(C)N1. The molecule has 162 valence electrons. The van der Waals surface area contributed by atoms with Gasteiger partial charge in [0.1, 0.15) is 17.2 Å². The minimum Gasteiger partial charge on any atom is -0.402 e. The summed E-state index contributed by atoms with van der Waals surface area (Å²) in [7, 11) is 0. The van der Waals surface area contributed by atoms with Gasteiger partial charge in [0.15, 0.2) is 11.5 Å². The summed E-state index contributed by atoms with van der Waals surface area (Å²) in [5.41, 5.74) is 7.88. The van der Waals surface area contributed by atoms with Gasteiger partial charge >= 0.3 is 0 Å². The average Bonchev–Trinajstić information content (AvgIpc) is 3.17. The van der Waals surface area contributed by atoms with Gasteiger partial charge in [0, 0.05) is 49.0 Å². The summed E-state index contributed by atoms with van der Waals surface area (Å²) in [6.45, 7) is 5.11. The van der Waals surface area contributed by atoms with Crippen molar-refractivity contribution in [1.29, 1.82) is 5.41 Å². The van der Waals surface area contributed by atoms with E-state index in [4.69, 9.17) is 11.1 Å². The Hall–Kier alpha value is -3.47. The Morgan fingerprint density at radius 1 is 1.29 bits per heavy atom. The number of imidazole rings is 1. The van der Waals surface area contributed by atoms with Gasteiger partial charge in [-0.2, -0.15) is 0 Å². The van der Waals surface area contributed by atoms with Crippen LogP contribution in [0.4, 0.5) is 14.6 Å². The summed E-state index contributed by atoms with van der Waals surface area (Å²) < 4.78 is 27.7. The Labute approximate surface area is 177 Å². The lowest BCUT2D eigenvalue weighted by atomic mass is 10.0. The van der Waals surface area contributed by atoms with Crippen molar-refractivity contribution in [2.24, 2.45) is 5.73 Å². The first-order valence-electron chi connectivity index (χ1n) is 9.79. The van der Waals surface area contributed by atoms with E-state index in [-0.39, 0.29) is 17.8 Å². The number of rotatable bonds is 5. The number of nitrogens with zero attached hydrogens (tertiary/aromatic N) is 6. The van der Waals surface area contributed by atoms with E-state index in [9.17, 15) is 8.78 Å². The van der Waals surface area contributed by atoms with E-state index in [1.165, 1.54) is 23.0 Å². The number of halogens is 2. The fourth-order valence-electron chi connectivity index (χ4n) is 3.77. The Bertz CT molecular complexity index is 1140. The Morgan fingerprint density at radius 3 is 2.81 bits per heavy atom. The number of alkyl halides is 2. The molecule has 1 saturated heterocycles. The fourth-order valence-corrected chi connectivity index (χ4v) is 3.77. The van der Waals surface area contributed by atoms with Gasteiger partial charge in [0.25, 0.3) is 6.43 Å². The molecule has 0 spiro atoms. The van der Waals surface area contributed by atoms with Gasteiger partial charge in [-0.1, -0.05) is 0 Å². The molecule has 31 heavy (non-hydrogen) atoms. The second-order valence-corrected chi connectivity index (χ2v) is 7.53. The zero-order valence-electron chi connectivity index (χ0n) is 17.1. The number of aromatic nitrogens is 5. The van der Waals surface area contributed by atoms with Gasteiger partial charge in [-0.15, -0.1) is 0 Å². The van der Waals surface area contributed by atoms with Crippen LogP contribution in [0.15, 0.2) is 42.1 Å². The molecule has 4 rings (SSSR count). The summed E-state index contributed by atoms with van der Waals surface area (Å²) in [5.74, 6) is 1.07. The number of piperazine rings is 1. The largest absolute Gasteiger partial charge is 0.402 e. The quantitative estimate of drug-likeness (QED) is 0.534. The first kappa shape index (κ1) is 20.8. The normalized spacial score (nSPS) is 20.2. The van der Waals surface area contributed by atoms with Crippen molar-refractivity contribution in [3.05, 3.63) is 47.8 Å². The van der Waals surface area contributed by atoms with Crippen molar-refractivity contribution in [1.82, 2.24) is 29.7 Å². The van der Waals surface area contributed by atoms with Crippen LogP contribution in [0.3, 0.4) is 0 Å². The second-order valence-electron chi connectivity index (χ2n) is 7.53. The maximum atomic E-state index is 13.1. The summed E-state index contributed by atoms with van der Waals surface area (Å²) in [6, 6.07) is 1.83. The first-order valence-corrected chi connectivity index (χ1v) is 9.79. The van der Waals surface area contributed by atoms with E-state index in [1.807, 2.05) is 0 Å². The number of allylic oxidation sites excluding steroid dienone is 1. The molecular weight excluding hydrogens is 404 g/mol. The highest BCUT2D eigenvalue weighted by Gasteiger charge is 2.28. The Kier molecular flexibility index (Phi) is 5.59. The summed E-state index contributed by atoms with van der Waals surface area (Å²) in [4.78, 5) is 19.1. The molecule has 0 aromatic carbocycles. The van der Waals surface area contributed by atoms with E-state index in [0.717, 1.165) is 5.57 Å². The fraction of sp³-hybridized carbons (Fsp3) is 0.350. The van der Waals surface area contributed by atoms with Crippen molar-refractivity contribution in [3.63, 3.8) is 0 Å². The predicted octanol–water partition coefficient (Wildman–Crippen LogP) is 2.17. The van der Waals surface area contributed by atoms with Gasteiger partial charge < -0.3 is 21.4 Å². The molecule has 9 nitrogen and oxygen atoms in total. The molecule has 0 radical (unpaired) electrons. The van der Waals surface area contributed by atoms with Crippen LogP contribution in [0.1, 0.15) is 26.0 Å². The topological polar surface area (TPSA) is 121 Å². The van der Waals surface area contributed by atoms with E-state index in [1.54, 1.807) is 25.4 Å². The lowest BCUT2D eigenvalue weighted by Crippen LogP contribution is -2.57. The maximum absolute atomic E-state index is 13.1. The van der Waals surface area contributed by atoms with E-state index >= 15 is 0 Å². The molecule has 1 fully saturated rings. The van der Waals surface area contributed by atoms with Crippen LogP contribution < -0.4 is 16.0 Å². The number of nitrogens with one attached hydrogen (secondary N) is 2. The van der Waals surface area contributed by atoms with Crippen LogP contribution in [0.25, 0.3) is 17.2 Å². The predicted molar refractivity (Wildman–Crippen MR) is 113 cm³/mol. The van der Waals surface area contributed by atoms with Gasteiger partial charge in [0.2, 0.25) is 0 Å². The van der Waals surface area contributed by atoms with Gasteiger partial charge in [-0.25, -0.2) is 28.7 Å². The monoisotopic (exact) mass is 427 g/mol. The molecule has 0 saturated carbocycles. The Morgan fingerprint density at radius 2 is 2.10 bits per heavy atom. The standard InChI is InChI=1S/C20H23F2N9/c1-11-8-30(9-14(28-11)13(5-23)12(2)24)17-3-4-25-20(29-17)16-6-27-18-7-26-15(19(21)22)10-31(16)18/h3-7,10-11,14,19,23,28H,8-9,24H2,1-2H3/b13-12+,23-5?. The van der Waals surface area contributed by atoms with Crippen LogP contribution in [0.5, 0.6) is 0 Å². The molecule has 3 aromatic rings. The summed E-state index contributed by atoms with van der Waals surface area (Å²) in [5, 5.41) is 11.2. The van der Waals surface area contributed by atoms with Crippen molar-refractivity contribution in [2.45, 2.75) is 32.4 Å². The lowest BCUT2D eigenvalue weighted by molar-refractivity contribution is 0.145. The molecule has 1 aliphatic rings. The van der Waals surface area contributed by atoms with Gasteiger partial charge in [-0.3, -0.25) is 4.40 Å². The second kappa shape index (κ2) is 8.34. The van der Waals surface area contributed by atoms with Crippen molar-refractivity contribution in [3.8, 4) is 11.5 Å². The first-order chi connectivity index (χ1) is 14.9. The number of anilines is 1. The minimum atomic E-state index is -2.69. The number of hydrogen-bond acceptors (Lipinski definition) is 8. The highest BCUT2D eigenvalue weighted by Crippen LogP contribution is 2.24. The molecule has 4 heterocycles. The third kappa shape index (κ3) is 4.08. The molecule has 0 aliphatic carbocycles. The van der Waals surface area contributed by atoms with Crippen LogP contribution in [-0.4, -0.2) is 55.7 Å². The van der Waals surface area contributed by atoms with Gasteiger partial charge in [0.05, 0.1) is 18.4 Å². The summed E-state index contributed by atoms with van der Waals surface area (Å²) in [6.07, 6.45) is 4.33. The molecular formula is C20H23F2N9. The highest BCUT2D eigenvalue weighted by molar-refractivity contribution is 5.79.